The van der Waals surface area contributed by atoms with Crippen molar-refractivity contribution in [3.8, 4) is 0 Å². The van der Waals surface area contributed by atoms with E-state index in [1.807, 2.05) is 0 Å². The molecule has 9 heteroatoms. The molecule has 0 bridgehead atoms. The quantitative estimate of drug-likeness (QED) is 0.475. The zero-order valence-corrected chi connectivity index (χ0v) is 11.7. The van der Waals surface area contributed by atoms with Gasteiger partial charge < -0.3 is 4.90 Å². The van der Waals surface area contributed by atoms with Crippen molar-refractivity contribution in [1.29, 1.82) is 0 Å². The van der Waals surface area contributed by atoms with Crippen LogP contribution in [-0.2, 0) is 0 Å². The fourth-order valence-electron chi connectivity index (χ4n) is 1.70. The van der Waals surface area contributed by atoms with E-state index in [0.717, 1.165) is 6.07 Å². The van der Waals surface area contributed by atoms with E-state index < -0.39 is 23.6 Å². The molecule has 0 radical (unpaired) electrons. The standard InChI is InChI=1S/C12H12ClF3N2O3/c1-8-2-3-9(18(20)21)6-10(8)11(19)17(5-4-13)7-12(14,15)16/h2-3,6H,4-5,7H2,1H3. The van der Waals surface area contributed by atoms with Gasteiger partial charge in [-0.25, -0.2) is 0 Å². The summed E-state index contributed by atoms with van der Waals surface area (Å²) in [5.41, 5.74) is -0.146. The van der Waals surface area contributed by atoms with E-state index in [0.29, 0.717) is 10.5 Å². The van der Waals surface area contributed by atoms with Crippen LogP contribution in [0.3, 0.4) is 0 Å². The molecule has 0 saturated carbocycles. The molecule has 1 aromatic rings. The van der Waals surface area contributed by atoms with Crippen LogP contribution < -0.4 is 0 Å². The monoisotopic (exact) mass is 324 g/mol. The molecule has 0 saturated heterocycles. The first kappa shape index (κ1) is 17.2. The number of benzene rings is 1. The number of hydrogen-bond donors (Lipinski definition) is 0. The number of nitro benzene ring substituents is 1. The third-order valence-electron chi connectivity index (χ3n) is 2.67. The first-order valence-electron chi connectivity index (χ1n) is 5.82. The number of halogens is 4. The lowest BCUT2D eigenvalue weighted by Gasteiger charge is -2.23. The van der Waals surface area contributed by atoms with Gasteiger partial charge in [-0.05, 0) is 12.5 Å². The Bertz CT molecular complexity index is 549. The summed E-state index contributed by atoms with van der Waals surface area (Å²) < 4.78 is 37.4. The molecule has 5 nitrogen and oxygen atoms in total. The molecular formula is C12H12ClF3N2O3. The maximum Gasteiger partial charge on any atom is 0.406 e. The van der Waals surface area contributed by atoms with Crippen LogP contribution in [0.25, 0.3) is 0 Å². The van der Waals surface area contributed by atoms with Gasteiger partial charge in [-0.3, -0.25) is 14.9 Å². The Balaban J connectivity index is 3.13. The number of rotatable bonds is 5. The molecule has 0 atom stereocenters. The Kier molecular flexibility index (Phi) is 5.54. The van der Waals surface area contributed by atoms with Gasteiger partial charge in [-0.15, -0.1) is 11.6 Å². The van der Waals surface area contributed by atoms with Crippen molar-refractivity contribution < 1.29 is 22.9 Å². The fourth-order valence-corrected chi connectivity index (χ4v) is 1.90. The summed E-state index contributed by atoms with van der Waals surface area (Å²) in [5, 5.41) is 10.7. The highest BCUT2D eigenvalue weighted by Gasteiger charge is 2.33. The van der Waals surface area contributed by atoms with Crippen LogP contribution in [0.15, 0.2) is 18.2 Å². The molecule has 0 fully saturated rings. The highest BCUT2D eigenvalue weighted by Crippen LogP contribution is 2.22. The molecule has 0 aromatic heterocycles. The molecule has 0 aliphatic heterocycles. The van der Waals surface area contributed by atoms with Gasteiger partial charge in [0, 0.05) is 30.1 Å². The van der Waals surface area contributed by atoms with Gasteiger partial charge in [0.15, 0.2) is 0 Å². The van der Waals surface area contributed by atoms with Gasteiger partial charge in [0.05, 0.1) is 4.92 Å². The summed E-state index contributed by atoms with van der Waals surface area (Å²) in [6.45, 7) is -0.272. The van der Waals surface area contributed by atoms with Crippen molar-refractivity contribution in [2.24, 2.45) is 0 Å². The number of carbonyl (C=O) groups is 1. The molecule has 21 heavy (non-hydrogen) atoms. The second-order valence-electron chi connectivity index (χ2n) is 4.29. The average Bonchev–Trinajstić information content (AvgIpc) is 2.36. The van der Waals surface area contributed by atoms with Crippen molar-refractivity contribution in [3.05, 3.63) is 39.4 Å². The second-order valence-corrected chi connectivity index (χ2v) is 4.67. The lowest BCUT2D eigenvalue weighted by Crippen LogP contribution is -2.40. The van der Waals surface area contributed by atoms with Crippen LogP contribution in [0.4, 0.5) is 18.9 Å². The summed E-state index contributed by atoms with van der Waals surface area (Å²) in [6.07, 6.45) is -4.57. The van der Waals surface area contributed by atoms with Crippen LogP contribution >= 0.6 is 11.6 Å². The van der Waals surface area contributed by atoms with Crippen molar-refractivity contribution >= 4 is 23.2 Å². The molecule has 0 aliphatic rings. The van der Waals surface area contributed by atoms with Crippen LogP contribution in [-0.4, -0.2) is 40.9 Å². The van der Waals surface area contributed by atoms with Gasteiger partial charge >= 0.3 is 6.18 Å². The lowest BCUT2D eigenvalue weighted by atomic mass is 10.1. The Labute approximate surface area is 123 Å². The number of alkyl halides is 4. The number of hydrogen-bond acceptors (Lipinski definition) is 3. The Morgan fingerprint density at radius 3 is 2.52 bits per heavy atom. The Morgan fingerprint density at radius 2 is 2.05 bits per heavy atom. The minimum absolute atomic E-state index is 0.140. The molecule has 0 heterocycles. The van der Waals surface area contributed by atoms with E-state index in [4.69, 9.17) is 11.6 Å². The van der Waals surface area contributed by atoms with Gasteiger partial charge in [-0.2, -0.15) is 13.2 Å². The molecule has 1 amide bonds. The molecular weight excluding hydrogens is 313 g/mol. The third kappa shape index (κ3) is 4.89. The minimum Gasteiger partial charge on any atom is -0.328 e. The number of non-ortho nitro benzene ring substituents is 1. The van der Waals surface area contributed by atoms with E-state index in [1.54, 1.807) is 0 Å². The topological polar surface area (TPSA) is 63.5 Å². The maximum atomic E-state index is 12.5. The molecule has 116 valence electrons. The molecule has 0 aliphatic carbocycles. The van der Waals surface area contributed by atoms with Crippen LogP contribution in [0, 0.1) is 17.0 Å². The van der Waals surface area contributed by atoms with Gasteiger partial charge in [0.25, 0.3) is 11.6 Å². The molecule has 1 aromatic carbocycles. The average molecular weight is 325 g/mol. The Hall–Kier alpha value is -1.83. The van der Waals surface area contributed by atoms with E-state index in [9.17, 15) is 28.1 Å². The maximum absolute atomic E-state index is 12.5. The fraction of sp³-hybridized carbons (Fsp3) is 0.417. The van der Waals surface area contributed by atoms with Gasteiger partial charge in [0.1, 0.15) is 6.54 Å². The van der Waals surface area contributed by atoms with Crippen LogP contribution in [0.2, 0.25) is 0 Å². The zero-order valence-electron chi connectivity index (χ0n) is 11.0. The number of nitro groups is 1. The SMILES string of the molecule is Cc1ccc([N+](=O)[O-])cc1C(=O)N(CCCl)CC(F)(F)F. The molecule has 1 rings (SSSR count). The summed E-state index contributed by atoms with van der Waals surface area (Å²) >= 11 is 5.41. The van der Waals surface area contributed by atoms with E-state index in [1.165, 1.54) is 19.1 Å². The van der Waals surface area contributed by atoms with Gasteiger partial charge in [-0.1, -0.05) is 6.07 Å². The van der Waals surface area contributed by atoms with E-state index in [-0.39, 0.29) is 23.7 Å². The number of aryl methyl sites for hydroxylation is 1. The first-order valence-corrected chi connectivity index (χ1v) is 6.36. The van der Waals surface area contributed by atoms with Crippen molar-refractivity contribution in [3.63, 3.8) is 0 Å². The smallest absolute Gasteiger partial charge is 0.328 e. The van der Waals surface area contributed by atoms with Crippen LogP contribution in [0.5, 0.6) is 0 Å². The van der Waals surface area contributed by atoms with Crippen LogP contribution in [0.1, 0.15) is 15.9 Å². The van der Waals surface area contributed by atoms with Gasteiger partial charge in [0.2, 0.25) is 0 Å². The summed E-state index contributed by atoms with van der Waals surface area (Å²) in [5.74, 6) is -1.11. The number of carbonyl (C=O) groups excluding carboxylic acids is 1. The van der Waals surface area contributed by atoms with E-state index >= 15 is 0 Å². The van der Waals surface area contributed by atoms with E-state index in [2.05, 4.69) is 0 Å². The predicted molar refractivity (Wildman–Crippen MR) is 70.5 cm³/mol. The Morgan fingerprint density at radius 1 is 1.43 bits per heavy atom. The third-order valence-corrected chi connectivity index (χ3v) is 2.84. The summed E-state index contributed by atoms with van der Waals surface area (Å²) in [7, 11) is 0. The first-order chi connectivity index (χ1) is 9.65. The largest absolute Gasteiger partial charge is 0.406 e. The number of amides is 1. The second kappa shape index (κ2) is 6.75. The highest BCUT2D eigenvalue weighted by atomic mass is 35.5. The molecule has 0 spiro atoms. The predicted octanol–water partition coefficient (Wildman–Crippen LogP) is 3.15. The highest BCUT2D eigenvalue weighted by molar-refractivity contribution is 6.18. The summed E-state index contributed by atoms with van der Waals surface area (Å²) in [4.78, 5) is 22.7. The van der Waals surface area contributed by atoms with Crippen molar-refractivity contribution in [1.82, 2.24) is 4.90 Å². The van der Waals surface area contributed by atoms with Crippen molar-refractivity contribution in [2.75, 3.05) is 19.0 Å². The zero-order chi connectivity index (χ0) is 16.2. The molecule has 0 unspecified atom stereocenters. The van der Waals surface area contributed by atoms with Crippen molar-refractivity contribution in [2.45, 2.75) is 13.1 Å². The molecule has 0 N–H and O–H groups in total. The summed E-state index contributed by atoms with van der Waals surface area (Å²) in [6, 6.07) is 3.47. The minimum atomic E-state index is -4.57. The lowest BCUT2D eigenvalue weighted by molar-refractivity contribution is -0.384. The normalized spacial score (nSPS) is 11.3. The number of nitrogens with zero attached hydrogens (tertiary/aromatic N) is 2.